The van der Waals surface area contributed by atoms with Crippen LogP contribution in [0, 0.1) is 0 Å². The molecule has 0 spiro atoms. The Morgan fingerprint density at radius 2 is 2.09 bits per heavy atom. The summed E-state index contributed by atoms with van der Waals surface area (Å²) < 4.78 is 4.74. The Morgan fingerprint density at radius 3 is 2.36 bits per heavy atom. The summed E-state index contributed by atoms with van der Waals surface area (Å²) >= 11 is 0. The molecule has 0 aromatic rings. The minimum absolute atomic E-state index is 0.0382. The summed E-state index contributed by atoms with van der Waals surface area (Å²) in [4.78, 5) is 0. The highest BCUT2D eigenvalue weighted by Crippen LogP contribution is 2.17. The third-order valence-electron chi connectivity index (χ3n) is 1.70. The second kappa shape index (κ2) is 4.66. The molecular weight excluding hydrogens is 148 g/mol. The zero-order valence-corrected chi connectivity index (χ0v) is 6.95. The first-order valence-corrected chi connectivity index (χ1v) is 3.64. The summed E-state index contributed by atoms with van der Waals surface area (Å²) in [6.07, 6.45) is -0.489. The van der Waals surface area contributed by atoms with Gasteiger partial charge in [-0.25, -0.2) is 0 Å². The van der Waals surface area contributed by atoms with Gasteiger partial charge in [0.15, 0.2) is 5.79 Å². The topological polar surface area (TPSA) is 69.9 Å². The van der Waals surface area contributed by atoms with Crippen LogP contribution in [-0.2, 0) is 4.74 Å². The smallest absolute Gasteiger partial charge is 0.167 e. The van der Waals surface area contributed by atoms with Gasteiger partial charge < -0.3 is 20.1 Å². The van der Waals surface area contributed by atoms with Gasteiger partial charge in [0, 0.05) is 13.5 Å². The zero-order valence-electron chi connectivity index (χ0n) is 6.95. The highest BCUT2D eigenvalue weighted by molar-refractivity contribution is 4.69. The van der Waals surface area contributed by atoms with E-state index in [0.29, 0.717) is 6.42 Å². The van der Waals surface area contributed by atoms with Gasteiger partial charge in [0.2, 0.25) is 0 Å². The molecule has 0 aliphatic heterocycles. The summed E-state index contributed by atoms with van der Waals surface area (Å²) in [5.41, 5.74) is 0. The lowest BCUT2D eigenvalue weighted by Crippen LogP contribution is -2.35. The molecule has 4 heteroatoms. The lowest BCUT2D eigenvalue weighted by Gasteiger charge is -2.26. The van der Waals surface area contributed by atoms with Crippen LogP contribution in [0.1, 0.15) is 19.8 Å². The number of hydrogen-bond acceptors (Lipinski definition) is 4. The monoisotopic (exact) mass is 164 g/mol. The predicted octanol–water partition coefficient (Wildman–Crippen LogP) is -0.525. The number of ether oxygens (including phenoxy) is 1. The summed E-state index contributed by atoms with van der Waals surface area (Å²) in [5.74, 6) is -1.30. The molecule has 0 aliphatic carbocycles. The number of methoxy groups -OCH3 is 1. The third-order valence-corrected chi connectivity index (χ3v) is 1.70. The molecule has 0 radical (unpaired) electrons. The molecular formula is C7H16O4. The molecule has 68 valence electrons. The van der Waals surface area contributed by atoms with Gasteiger partial charge in [0.25, 0.3) is 0 Å². The molecule has 0 rings (SSSR count). The van der Waals surface area contributed by atoms with Crippen molar-refractivity contribution in [3.05, 3.63) is 0 Å². The van der Waals surface area contributed by atoms with E-state index in [1.807, 2.05) is 0 Å². The molecule has 0 saturated heterocycles. The van der Waals surface area contributed by atoms with E-state index < -0.39 is 11.9 Å². The summed E-state index contributed by atoms with van der Waals surface area (Å²) in [6.45, 7) is 1.39. The van der Waals surface area contributed by atoms with Crippen molar-refractivity contribution in [2.75, 3.05) is 13.7 Å². The van der Waals surface area contributed by atoms with E-state index in [2.05, 4.69) is 0 Å². The van der Waals surface area contributed by atoms with Gasteiger partial charge in [0.1, 0.15) is 0 Å². The van der Waals surface area contributed by atoms with E-state index >= 15 is 0 Å². The van der Waals surface area contributed by atoms with E-state index in [1.54, 1.807) is 6.92 Å². The van der Waals surface area contributed by atoms with Crippen molar-refractivity contribution < 1.29 is 20.1 Å². The Bertz CT molecular complexity index is 101. The summed E-state index contributed by atoms with van der Waals surface area (Å²) in [5, 5.41) is 26.9. The molecule has 2 unspecified atom stereocenters. The van der Waals surface area contributed by atoms with Gasteiger partial charge in [-0.2, -0.15) is 0 Å². The Labute approximate surface area is 66.4 Å². The van der Waals surface area contributed by atoms with Gasteiger partial charge in [-0.05, 0) is 6.42 Å². The second-order valence-electron chi connectivity index (χ2n) is 2.54. The summed E-state index contributed by atoms with van der Waals surface area (Å²) in [6, 6.07) is 0. The average molecular weight is 164 g/mol. The normalized spacial score (nSPS) is 19.4. The number of hydrogen-bond donors (Lipinski definition) is 3. The van der Waals surface area contributed by atoms with Crippen molar-refractivity contribution in [2.24, 2.45) is 0 Å². The first-order valence-electron chi connectivity index (χ1n) is 3.64. The third kappa shape index (κ3) is 3.67. The molecule has 3 N–H and O–H groups in total. The number of aliphatic hydroxyl groups is 3. The van der Waals surface area contributed by atoms with E-state index in [4.69, 9.17) is 14.9 Å². The van der Waals surface area contributed by atoms with Gasteiger partial charge in [-0.1, -0.05) is 6.92 Å². The maximum absolute atomic E-state index is 9.44. The first-order chi connectivity index (χ1) is 5.08. The molecule has 0 saturated carbocycles. The highest BCUT2D eigenvalue weighted by Gasteiger charge is 2.26. The van der Waals surface area contributed by atoms with Crippen LogP contribution in [0.2, 0.25) is 0 Å². The van der Waals surface area contributed by atoms with E-state index in [-0.39, 0.29) is 13.0 Å². The van der Waals surface area contributed by atoms with Crippen LogP contribution in [0.15, 0.2) is 0 Å². The fourth-order valence-corrected chi connectivity index (χ4v) is 0.805. The SMILES string of the molecule is CCC(O)(CC(O)CO)OC. The molecule has 0 bridgehead atoms. The van der Waals surface area contributed by atoms with Crippen molar-refractivity contribution in [2.45, 2.75) is 31.7 Å². The van der Waals surface area contributed by atoms with Crippen LogP contribution in [0.3, 0.4) is 0 Å². The maximum atomic E-state index is 9.44. The van der Waals surface area contributed by atoms with Crippen molar-refractivity contribution in [3.63, 3.8) is 0 Å². The molecule has 0 aromatic carbocycles. The quantitative estimate of drug-likeness (QED) is 0.478. The van der Waals surface area contributed by atoms with Crippen LogP contribution in [0.5, 0.6) is 0 Å². The van der Waals surface area contributed by atoms with E-state index in [9.17, 15) is 5.11 Å². The molecule has 0 aromatic heterocycles. The van der Waals surface area contributed by atoms with Crippen LogP contribution < -0.4 is 0 Å². The molecule has 0 heterocycles. The Balaban J connectivity index is 3.86. The molecule has 0 amide bonds. The largest absolute Gasteiger partial charge is 0.394 e. The van der Waals surface area contributed by atoms with Crippen molar-refractivity contribution in [1.82, 2.24) is 0 Å². The molecule has 2 atom stereocenters. The minimum atomic E-state index is -1.30. The Hall–Kier alpha value is -0.160. The Morgan fingerprint density at radius 1 is 1.55 bits per heavy atom. The van der Waals surface area contributed by atoms with Gasteiger partial charge in [-0.3, -0.25) is 0 Å². The molecule has 0 fully saturated rings. The lowest BCUT2D eigenvalue weighted by molar-refractivity contribution is -0.206. The number of rotatable bonds is 5. The van der Waals surface area contributed by atoms with Crippen LogP contribution in [0.4, 0.5) is 0 Å². The van der Waals surface area contributed by atoms with Crippen LogP contribution in [0.25, 0.3) is 0 Å². The Kier molecular flexibility index (Phi) is 4.60. The van der Waals surface area contributed by atoms with E-state index in [0.717, 1.165) is 0 Å². The van der Waals surface area contributed by atoms with Crippen molar-refractivity contribution >= 4 is 0 Å². The van der Waals surface area contributed by atoms with E-state index in [1.165, 1.54) is 7.11 Å². The highest BCUT2D eigenvalue weighted by atomic mass is 16.6. The summed E-state index contributed by atoms with van der Waals surface area (Å²) in [7, 11) is 1.37. The lowest BCUT2D eigenvalue weighted by atomic mass is 10.1. The zero-order chi connectivity index (χ0) is 8.91. The van der Waals surface area contributed by atoms with Crippen LogP contribution >= 0.6 is 0 Å². The fourth-order valence-electron chi connectivity index (χ4n) is 0.805. The number of aliphatic hydroxyl groups excluding tert-OH is 2. The fraction of sp³-hybridized carbons (Fsp3) is 1.00. The van der Waals surface area contributed by atoms with Gasteiger partial charge in [0.05, 0.1) is 12.7 Å². The second-order valence-corrected chi connectivity index (χ2v) is 2.54. The standard InChI is InChI=1S/C7H16O4/c1-3-7(10,11-2)4-6(9)5-8/h6,8-10H,3-5H2,1-2H3. The van der Waals surface area contributed by atoms with Crippen molar-refractivity contribution in [1.29, 1.82) is 0 Å². The predicted molar refractivity (Wildman–Crippen MR) is 40.0 cm³/mol. The average Bonchev–Trinajstić information content (AvgIpc) is 2.04. The molecule has 11 heavy (non-hydrogen) atoms. The molecule has 0 aliphatic rings. The molecule has 4 nitrogen and oxygen atoms in total. The van der Waals surface area contributed by atoms with Gasteiger partial charge in [-0.15, -0.1) is 0 Å². The maximum Gasteiger partial charge on any atom is 0.167 e. The minimum Gasteiger partial charge on any atom is -0.394 e. The van der Waals surface area contributed by atoms with Crippen molar-refractivity contribution in [3.8, 4) is 0 Å². The van der Waals surface area contributed by atoms with Gasteiger partial charge >= 0.3 is 0 Å². The van der Waals surface area contributed by atoms with Crippen LogP contribution in [-0.4, -0.2) is 40.9 Å². The first kappa shape index (κ1) is 10.8.